The smallest absolute Gasteiger partial charge is 0.431 e. The second kappa shape index (κ2) is 7.49. The lowest BCUT2D eigenvalue weighted by Gasteiger charge is -2.19. The van der Waals surface area contributed by atoms with Gasteiger partial charge in [0.25, 0.3) is 0 Å². The third kappa shape index (κ3) is 7.38. The van der Waals surface area contributed by atoms with Crippen LogP contribution in [0.3, 0.4) is 0 Å². The summed E-state index contributed by atoms with van der Waals surface area (Å²) in [6.45, 7) is 4.95. The Hall–Kier alpha value is -2.08. The number of nitrogens with one attached hydrogen (secondary N) is 1. The maximum absolute atomic E-state index is 11.3. The van der Waals surface area contributed by atoms with Crippen LogP contribution >= 0.6 is 0 Å². The molecule has 0 bridgehead atoms. The minimum atomic E-state index is -0.756. The van der Waals surface area contributed by atoms with Crippen LogP contribution < -0.4 is 5.48 Å². The summed E-state index contributed by atoms with van der Waals surface area (Å²) >= 11 is 0. The third-order valence-electron chi connectivity index (χ3n) is 1.99. The minimum Gasteiger partial charge on any atom is -0.459 e. The highest BCUT2D eigenvalue weighted by Crippen LogP contribution is 2.06. The average Bonchev–Trinajstić information content (AvgIpc) is 2.35. The van der Waals surface area contributed by atoms with Gasteiger partial charge >= 0.3 is 12.1 Å². The minimum absolute atomic E-state index is 0.162. The Balaban J connectivity index is 2.16. The molecule has 1 amide bonds. The highest BCUT2D eigenvalue weighted by atomic mass is 16.7. The molecule has 0 aromatic heterocycles. The molecule has 0 unspecified atom stereocenters. The van der Waals surface area contributed by atoms with Crippen LogP contribution in [0.2, 0.25) is 0 Å². The van der Waals surface area contributed by atoms with Crippen molar-refractivity contribution >= 4 is 12.1 Å². The first-order valence-corrected chi connectivity index (χ1v) is 6.17. The van der Waals surface area contributed by atoms with E-state index in [1.54, 1.807) is 20.8 Å². The van der Waals surface area contributed by atoms with Gasteiger partial charge in [-0.2, -0.15) is 5.48 Å². The molecule has 0 radical (unpaired) electrons. The summed E-state index contributed by atoms with van der Waals surface area (Å²) in [5, 5.41) is 0. The summed E-state index contributed by atoms with van der Waals surface area (Å²) in [4.78, 5) is 27.2. The fourth-order valence-corrected chi connectivity index (χ4v) is 1.23. The van der Waals surface area contributed by atoms with Gasteiger partial charge in [0.05, 0.1) is 0 Å². The number of carbonyl (C=O) groups is 2. The molecule has 1 N–H and O–H groups in total. The van der Waals surface area contributed by atoms with E-state index in [9.17, 15) is 9.59 Å². The van der Waals surface area contributed by atoms with Gasteiger partial charge in [-0.1, -0.05) is 30.3 Å². The van der Waals surface area contributed by atoms with Gasteiger partial charge in [0.15, 0.2) is 6.61 Å². The van der Waals surface area contributed by atoms with Crippen molar-refractivity contribution in [3.8, 4) is 0 Å². The lowest BCUT2D eigenvalue weighted by atomic mass is 10.2. The molecule has 0 saturated heterocycles. The molecule has 0 aliphatic rings. The average molecular weight is 281 g/mol. The van der Waals surface area contributed by atoms with Crippen LogP contribution in [0.5, 0.6) is 0 Å². The summed E-state index contributed by atoms with van der Waals surface area (Å²) in [7, 11) is 0. The topological polar surface area (TPSA) is 73.9 Å². The van der Waals surface area contributed by atoms with Crippen LogP contribution in [0.15, 0.2) is 30.3 Å². The zero-order valence-electron chi connectivity index (χ0n) is 11.8. The van der Waals surface area contributed by atoms with E-state index in [0.717, 1.165) is 5.56 Å². The second-order valence-corrected chi connectivity index (χ2v) is 5.04. The number of amides is 1. The zero-order chi connectivity index (χ0) is 15.0. The largest absolute Gasteiger partial charge is 0.459 e. The molecule has 1 aromatic carbocycles. The van der Waals surface area contributed by atoms with Gasteiger partial charge in [0, 0.05) is 0 Å². The number of carbonyl (C=O) groups excluding carboxylic acids is 2. The maximum atomic E-state index is 11.3. The van der Waals surface area contributed by atoms with Crippen molar-refractivity contribution in [2.24, 2.45) is 0 Å². The molecule has 0 aliphatic carbocycles. The van der Waals surface area contributed by atoms with Crippen molar-refractivity contribution in [2.45, 2.75) is 33.0 Å². The summed E-state index contributed by atoms with van der Waals surface area (Å²) in [6, 6.07) is 9.26. The standard InChI is InChI=1S/C14H19NO5/c1-14(2,3)20-13(17)15-19-10-12(16)18-9-11-7-5-4-6-8-11/h4-8H,9-10H2,1-3H3,(H,15,17). The Labute approximate surface area is 118 Å². The van der Waals surface area contributed by atoms with Crippen LogP contribution in [0.4, 0.5) is 4.79 Å². The number of hydroxylamine groups is 1. The molecule has 0 heterocycles. The van der Waals surface area contributed by atoms with Gasteiger partial charge in [0.1, 0.15) is 12.2 Å². The lowest BCUT2D eigenvalue weighted by molar-refractivity contribution is -0.152. The number of esters is 1. The van der Waals surface area contributed by atoms with E-state index >= 15 is 0 Å². The van der Waals surface area contributed by atoms with Gasteiger partial charge in [-0.05, 0) is 26.3 Å². The monoisotopic (exact) mass is 281 g/mol. The number of hydrogen-bond donors (Lipinski definition) is 1. The third-order valence-corrected chi connectivity index (χ3v) is 1.99. The molecule has 110 valence electrons. The van der Waals surface area contributed by atoms with Crippen molar-refractivity contribution in [1.82, 2.24) is 5.48 Å². The number of benzene rings is 1. The fraction of sp³-hybridized carbons (Fsp3) is 0.429. The predicted molar refractivity (Wildman–Crippen MR) is 71.6 cm³/mol. The molecule has 6 heteroatoms. The summed E-state index contributed by atoms with van der Waals surface area (Å²) in [6.07, 6.45) is -0.756. The molecule has 6 nitrogen and oxygen atoms in total. The fourth-order valence-electron chi connectivity index (χ4n) is 1.23. The molecule has 1 aromatic rings. The van der Waals surface area contributed by atoms with Gasteiger partial charge in [0.2, 0.25) is 0 Å². The van der Waals surface area contributed by atoms with E-state index in [-0.39, 0.29) is 13.2 Å². The second-order valence-electron chi connectivity index (χ2n) is 5.04. The van der Waals surface area contributed by atoms with E-state index in [0.29, 0.717) is 0 Å². The van der Waals surface area contributed by atoms with Crippen LogP contribution in [0.25, 0.3) is 0 Å². The van der Waals surface area contributed by atoms with Gasteiger partial charge in [-0.3, -0.25) is 4.84 Å². The summed E-state index contributed by atoms with van der Waals surface area (Å²) in [5.41, 5.74) is 2.26. The molecule has 0 atom stereocenters. The van der Waals surface area contributed by atoms with Crippen molar-refractivity contribution in [3.63, 3.8) is 0 Å². The molecule has 20 heavy (non-hydrogen) atoms. The molecule has 0 aliphatic heterocycles. The molecular weight excluding hydrogens is 262 g/mol. The number of ether oxygens (including phenoxy) is 2. The maximum Gasteiger partial charge on any atom is 0.431 e. The van der Waals surface area contributed by atoms with E-state index in [1.165, 1.54) is 0 Å². The summed E-state index contributed by atoms with van der Waals surface area (Å²) in [5.74, 6) is -0.579. The normalized spacial score (nSPS) is 10.8. The molecule has 0 spiro atoms. The summed E-state index contributed by atoms with van der Waals surface area (Å²) < 4.78 is 9.88. The Morgan fingerprint density at radius 1 is 1.15 bits per heavy atom. The van der Waals surface area contributed by atoms with Crippen molar-refractivity contribution in [1.29, 1.82) is 0 Å². The Morgan fingerprint density at radius 2 is 1.80 bits per heavy atom. The van der Waals surface area contributed by atoms with Gasteiger partial charge < -0.3 is 9.47 Å². The SMILES string of the molecule is CC(C)(C)OC(=O)NOCC(=O)OCc1ccccc1. The van der Waals surface area contributed by atoms with Crippen LogP contribution in [-0.4, -0.2) is 24.3 Å². The first-order valence-electron chi connectivity index (χ1n) is 6.17. The highest BCUT2D eigenvalue weighted by Gasteiger charge is 2.16. The van der Waals surface area contributed by atoms with Gasteiger partial charge in [-0.25, -0.2) is 9.59 Å². The van der Waals surface area contributed by atoms with E-state index < -0.39 is 17.7 Å². The lowest BCUT2D eigenvalue weighted by Crippen LogP contribution is -2.33. The molecular formula is C14H19NO5. The van der Waals surface area contributed by atoms with Gasteiger partial charge in [-0.15, -0.1) is 0 Å². The number of hydrogen-bond acceptors (Lipinski definition) is 5. The Kier molecular flexibility index (Phi) is 5.99. The van der Waals surface area contributed by atoms with E-state index in [4.69, 9.17) is 14.3 Å². The van der Waals surface area contributed by atoms with Crippen LogP contribution in [-0.2, 0) is 25.7 Å². The Bertz CT molecular complexity index is 439. The van der Waals surface area contributed by atoms with Crippen LogP contribution in [0, 0.1) is 0 Å². The van der Waals surface area contributed by atoms with E-state index in [2.05, 4.69) is 0 Å². The first kappa shape index (κ1) is 16.0. The predicted octanol–water partition coefficient (Wildman–Crippen LogP) is 2.19. The number of rotatable bonds is 5. The Morgan fingerprint density at radius 3 is 2.40 bits per heavy atom. The quantitative estimate of drug-likeness (QED) is 0.661. The first-order chi connectivity index (χ1) is 9.37. The van der Waals surface area contributed by atoms with Crippen molar-refractivity contribution in [3.05, 3.63) is 35.9 Å². The van der Waals surface area contributed by atoms with E-state index in [1.807, 2.05) is 35.8 Å². The van der Waals surface area contributed by atoms with Crippen molar-refractivity contribution < 1.29 is 23.9 Å². The van der Waals surface area contributed by atoms with Crippen molar-refractivity contribution in [2.75, 3.05) is 6.61 Å². The molecule has 0 saturated carbocycles. The zero-order valence-corrected chi connectivity index (χ0v) is 11.8. The molecule has 0 fully saturated rings. The van der Waals surface area contributed by atoms with Crippen LogP contribution in [0.1, 0.15) is 26.3 Å². The molecule has 1 rings (SSSR count). The highest BCUT2D eigenvalue weighted by molar-refractivity contribution is 5.71.